The number of aliphatic hydroxyl groups excluding tert-OH is 2. The molecule has 1 aromatic rings. The Bertz CT molecular complexity index is 482. The van der Waals surface area contributed by atoms with E-state index in [2.05, 4.69) is 15.3 Å². The fraction of sp³-hybridized carbons (Fsp3) is 0.556. The summed E-state index contributed by atoms with van der Waals surface area (Å²) < 4.78 is 5.09. The Kier molecular flexibility index (Phi) is 6.69. The standard InChI is InChI=1S/C9H15N5O4.K.H/c10-8-12-6-5(7(16)13-8)11-4-14(6)9(17)18-3-1-2-15;;/h9,11,15,17H,1-4H2,(H3,10,12,13,16);;. The van der Waals surface area contributed by atoms with Crippen molar-refractivity contribution in [3.63, 3.8) is 0 Å². The van der Waals surface area contributed by atoms with Crippen LogP contribution in [0.1, 0.15) is 6.42 Å². The molecule has 2 rings (SSSR count). The van der Waals surface area contributed by atoms with Gasteiger partial charge in [0.15, 0.2) is 5.82 Å². The monoisotopic (exact) mass is 297 g/mol. The molecule has 102 valence electrons. The number of hydrogen-bond donors (Lipinski definition) is 5. The van der Waals surface area contributed by atoms with Gasteiger partial charge in [-0.05, 0) is 6.42 Å². The van der Waals surface area contributed by atoms with Crippen molar-refractivity contribution in [1.82, 2.24) is 9.97 Å². The summed E-state index contributed by atoms with van der Waals surface area (Å²) in [5.41, 5.74) is 5.28. The molecule has 1 aromatic heterocycles. The third-order valence-corrected chi connectivity index (χ3v) is 2.45. The fourth-order valence-corrected chi connectivity index (χ4v) is 1.61. The summed E-state index contributed by atoms with van der Waals surface area (Å²) in [6.45, 7) is 0.365. The number of aromatic nitrogens is 2. The van der Waals surface area contributed by atoms with Crippen LogP contribution < -0.4 is 21.5 Å². The summed E-state index contributed by atoms with van der Waals surface area (Å²) in [6, 6.07) is 0. The van der Waals surface area contributed by atoms with Crippen molar-refractivity contribution in [2.45, 2.75) is 12.8 Å². The van der Waals surface area contributed by atoms with Gasteiger partial charge in [0, 0.05) is 6.61 Å². The number of H-pyrrole nitrogens is 1. The minimum atomic E-state index is -1.25. The number of anilines is 3. The van der Waals surface area contributed by atoms with Gasteiger partial charge in [-0.25, -0.2) is 0 Å². The number of aromatic amines is 1. The molecule has 6 N–H and O–H groups in total. The Morgan fingerprint density at radius 1 is 1.58 bits per heavy atom. The number of hydrogen-bond acceptors (Lipinski definition) is 8. The van der Waals surface area contributed by atoms with Crippen molar-refractivity contribution >= 4 is 68.8 Å². The van der Waals surface area contributed by atoms with Gasteiger partial charge in [0.25, 0.3) is 5.56 Å². The maximum atomic E-state index is 11.5. The second-order valence-corrected chi connectivity index (χ2v) is 3.73. The van der Waals surface area contributed by atoms with Crippen molar-refractivity contribution in [2.75, 3.05) is 35.8 Å². The third-order valence-electron chi connectivity index (χ3n) is 2.45. The van der Waals surface area contributed by atoms with Crippen LogP contribution in [0.15, 0.2) is 4.79 Å². The van der Waals surface area contributed by atoms with Crippen molar-refractivity contribution in [3.8, 4) is 0 Å². The third kappa shape index (κ3) is 3.89. The van der Waals surface area contributed by atoms with Crippen LogP contribution >= 0.6 is 0 Å². The number of nitrogen functional groups attached to an aromatic ring is 1. The molecular weight excluding hydrogens is 281 g/mol. The van der Waals surface area contributed by atoms with Gasteiger partial charge in [-0.15, -0.1) is 0 Å². The number of rotatable bonds is 5. The molecule has 0 aliphatic carbocycles. The molecule has 0 bridgehead atoms. The molecule has 1 unspecified atom stereocenters. The van der Waals surface area contributed by atoms with E-state index in [0.29, 0.717) is 6.42 Å². The van der Waals surface area contributed by atoms with E-state index in [9.17, 15) is 9.90 Å². The van der Waals surface area contributed by atoms with Gasteiger partial charge in [0.2, 0.25) is 12.4 Å². The molecule has 0 spiro atoms. The molecule has 0 saturated carbocycles. The Hall–Kier alpha value is -0.204. The zero-order valence-electron chi connectivity index (χ0n) is 9.59. The van der Waals surface area contributed by atoms with E-state index in [-0.39, 0.29) is 88.7 Å². The summed E-state index contributed by atoms with van der Waals surface area (Å²) in [7, 11) is 0. The zero-order chi connectivity index (χ0) is 13.1. The van der Waals surface area contributed by atoms with Crippen LogP contribution in [-0.2, 0) is 4.74 Å². The SMILES string of the molecule is Nc1nc2c(c(=O)[nH]1)NCN2C(O)OCCCO.[KH]. The topological polar surface area (TPSA) is 137 Å². The van der Waals surface area contributed by atoms with Gasteiger partial charge in [-0.3, -0.25) is 14.7 Å². The summed E-state index contributed by atoms with van der Waals surface area (Å²) in [4.78, 5) is 19.2. The van der Waals surface area contributed by atoms with Gasteiger partial charge in [-0.1, -0.05) is 0 Å². The fourth-order valence-electron chi connectivity index (χ4n) is 1.61. The summed E-state index contributed by atoms with van der Waals surface area (Å²) >= 11 is 0. The normalized spacial score (nSPS) is 14.5. The molecule has 9 nitrogen and oxygen atoms in total. The summed E-state index contributed by atoms with van der Waals surface area (Å²) in [5, 5.41) is 21.2. The molecule has 1 aliphatic rings. The predicted molar refractivity (Wildman–Crippen MR) is 71.0 cm³/mol. The number of nitrogens with two attached hydrogens (primary N) is 1. The van der Waals surface area contributed by atoms with Crippen molar-refractivity contribution in [2.24, 2.45) is 0 Å². The zero-order valence-corrected chi connectivity index (χ0v) is 9.59. The average molecular weight is 297 g/mol. The van der Waals surface area contributed by atoms with E-state index < -0.39 is 12.0 Å². The minimum absolute atomic E-state index is 0. The van der Waals surface area contributed by atoms with E-state index in [1.807, 2.05) is 0 Å². The molecule has 0 aromatic carbocycles. The van der Waals surface area contributed by atoms with Gasteiger partial charge in [0.1, 0.15) is 5.69 Å². The molecule has 1 aliphatic heterocycles. The quantitative estimate of drug-likeness (QED) is 0.230. The van der Waals surface area contributed by atoms with Crippen LogP contribution in [0.25, 0.3) is 0 Å². The van der Waals surface area contributed by atoms with Crippen LogP contribution in [0.2, 0.25) is 0 Å². The van der Waals surface area contributed by atoms with Gasteiger partial charge in [0.05, 0.1) is 13.3 Å². The summed E-state index contributed by atoms with van der Waals surface area (Å²) in [6.07, 6.45) is -0.838. The maximum absolute atomic E-state index is 11.5. The van der Waals surface area contributed by atoms with E-state index in [1.165, 1.54) is 4.90 Å². The number of ether oxygens (including phenoxy) is 1. The average Bonchev–Trinajstić information content (AvgIpc) is 2.73. The first kappa shape index (κ1) is 16.8. The van der Waals surface area contributed by atoms with E-state index in [1.54, 1.807) is 0 Å². The number of fused-ring (bicyclic) bond motifs is 1. The second kappa shape index (κ2) is 7.54. The number of aliphatic hydroxyl groups is 2. The van der Waals surface area contributed by atoms with Gasteiger partial charge in [-0.2, -0.15) is 4.98 Å². The first-order valence-electron chi connectivity index (χ1n) is 5.44. The molecule has 0 fully saturated rings. The van der Waals surface area contributed by atoms with E-state index >= 15 is 0 Å². The van der Waals surface area contributed by atoms with E-state index in [4.69, 9.17) is 15.6 Å². The number of nitrogens with one attached hydrogen (secondary N) is 2. The molecule has 1 atom stereocenters. The van der Waals surface area contributed by atoms with Crippen molar-refractivity contribution in [1.29, 1.82) is 0 Å². The van der Waals surface area contributed by atoms with Gasteiger partial charge >= 0.3 is 51.4 Å². The van der Waals surface area contributed by atoms with Crippen LogP contribution in [0, 0.1) is 0 Å². The molecule has 10 heteroatoms. The van der Waals surface area contributed by atoms with E-state index in [0.717, 1.165) is 0 Å². The van der Waals surface area contributed by atoms with Crippen molar-refractivity contribution < 1.29 is 14.9 Å². The second-order valence-electron chi connectivity index (χ2n) is 3.73. The molecule has 19 heavy (non-hydrogen) atoms. The first-order chi connectivity index (χ1) is 8.63. The first-order valence-corrected chi connectivity index (χ1v) is 5.44. The Morgan fingerprint density at radius 3 is 3.00 bits per heavy atom. The Balaban J connectivity index is 0.00000180. The van der Waals surface area contributed by atoms with Crippen molar-refractivity contribution in [3.05, 3.63) is 10.4 Å². The Labute approximate surface area is 151 Å². The summed E-state index contributed by atoms with van der Waals surface area (Å²) in [5.74, 6) is 0.211. The van der Waals surface area contributed by atoms with Crippen LogP contribution in [0.4, 0.5) is 17.5 Å². The Morgan fingerprint density at radius 2 is 2.32 bits per heavy atom. The molecule has 2 heterocycles. The molecule has 0 amide bonds. The predicted octanol–water partition coefficient (Wildman–Crippen LogP) is -2.43. The van der Waals surface area contributed by atoms with Gasteiger partial charge < -0.3 is 26.0 Å². The van der Waals surface area contributed by atoms with Crippen LogP contribution in [0.3, 0.4) is 0 Å². The number of nitrogens with zero attached hydrogens (tertiary/aromatic N) is 2. The molecule has 0 radical (unpaired) electrons. The molecular formula is C9H16KN5O4. The van der Waals surface area contributed by atoms with Crippen LogP contribution in [0.5, 0.6) is 0 Å². The molecule has 0 saturated heterocycles. The van der Waals surface area contributed by atoms with Crippen LogP contribution in [-0.4, -0.2) is 97.9 Å².